The smallest absolute Gasteiger partial charge is 0.239 e. The number of hydrogen-bond acceptors (Lipinski definition) is 7. The molecular formula is C26H26N8OS. The highest BCUT2D eigenvalue weighted by atomic mass is 32.2. The maximum absolute atomic E-state index is 13.0. The SMILES string of the molecule is CN1CCC[C@H]1C(=O)N1CC[C@@H](n2cc(-c3cc(Sc4ccccn4)c4c(C#N)cnn4c3)cn2)C1. The molecule has 0 N–H and O–H groups in total. The van der Waals surface area contributed by atoms with Crippen LogP contribution in [0.25, 0.3) is 16.6 Å². The van der Waals surface area contributed by atoms with Crippen molar-refractivity contribution in [2.24, 2.45) is 0 Å². The van der Waals surface area contributed by atoms with Crippen LogP contribution in [0.1, 0.15) is 30.9 Å². The van der Waals surface area contributed by atoms with Gasteiger partial charge in [0, 0.05) is 47.7 Å². The van der Waals surface area contributed by atoms with Crippen LogP contribution >= 0.6 is 11.8 Å². The molecule has 2 aliphatic rings. The fourth-order valence-electron chi connectivity index (χ4n) is 5.20. The summed E-state index contributed by atoms with van der Waals surface area (Å²) in [6, 6.07) is 10.3. The standard InChI is InChI=1S/C26H26N8OS/c1-31-9-4-5-22(31)26(35)32-10-7-21(17-32)33-16-20(14-29-33)18-11-23(36-24-6-2-3-8-28-24)25-19(12-27)13-30-34(25)15-18/h2-3,6,8,11,13-16,21-22H,4-5,7,9-10,17H2,1H3/t21-,22+/m1/s1. The van der Waals surface area contributed by atoms with Gasteiger partial charge in [0.15, 0.2) is 0 Å². The number of carbonyl (C=O) groups excluding carboxylic acids is 1. The van der Waals surface area contributed by atoms with E-state index in [-0.39, 0.29) is 18.0 Å². The molecule has 4 aromatic rings. The summed E-state index contributed by atoms with van der Waals surface area (Å²) in [5, 5.41) is 19.5. The lowest BCUT2D eigenvalue weighted by molar-refractivity contribution is -0.134. The largest absolute Gasteiger partial charge is 0.339 e. The van der Waals surface area contributed by atoms with Crippen molar-refractivity contribution in [2.45, 2.75) is 41.3 Å². The summed E-state index contributed by atoms with van der Waals surface area (Å²) in [5.74, 6) is 0.249. The van der Waals surface area contributed by atoms with Crippen molar-refractivity contribution >= 4 is 23.2 Å². The van der Waals surface area contributed by atoms with Gasteiger partial charge < -0.3 is 4.90 Å². The van der Waals surface area contributed by atoms with Gasteiger partial charge in [-0.25, -0.2) is 9.50 Å². The molecule has 9 nitrogen and oxygen atoms in total. The molecule has 2 atom stereocenters. The van der Waals surface area contributed by atoms with Gasteiger partial charge >= 0.3 is 0 Å². The maximum atomic E-state index is 13.0. The van der Waals surface area contributed by atoms with Crippen LogP contribution in [-0.2, 0) is 4.79 Å². The zero-order valence-corrected chi connectivity index (χ0v) is 20.8. The highest BCUT2D eigenvalue weighted by molar-refractivity contribution is 7.99. The minimum atomic E-state index is 0.0195. The second-order valence-electron chi connectivity index (χ2n) is 9.40. The quantitative estimate of drug-likeness (QED) is 0.416. The van der Waals surface area contributed by atoms with Gasteiger partial charge in [0.05, 0.1) is 35.6 Å². The Hall–Kier alpha value is -3.68. The Kier molecular flexibility index (Phi) is 5.95. The third-order valence-corrected chi connectivity index (χ3v) is 8.12. The molecule has 2 aliphatic heterocycles. The molecule has 182 valence electrons. The summed E-state index contributed by atoms with van der Waals surface area (Å²) >= 11 is 1.51. The maximum Gasteiger partial charge on any atom is 0.239 e. The summed E-state index contributed by atoms with van der Waals surface area (Å²) in [4.78, 5) is 22.5. The molecule has 0 unspecified atom stereocenters. The van der Waals surface area contributed by atoms with Crippen LogP contribution in [-0.4, -0.2) is 72.8 Å². The predicted molar refractivity (Wildman–Crippen MR) is 135 cm³/mol. The molecule has 36 heavy (non-hydrogen) atoms. The summed E-state index contributed by atoms with van der Waals surface area (Å²) < 4.78 is 3.74. The monoisotopic (exact) mass is 498 g/mol. The summed E-state index contributed by atoms with van der Waals surface area (Å²) in [6.07, 6.45) is 12.1. The summed E-state index contributed by atoms with van der Waals surface area (Å²) in [6.45, 7) is 2.45. The van der Waals surface area contributed by atoms with Crippen LogP contribution in [0, 0.1) is 11.3 Å². The van der Waals surface area contributed by atoms with Gasteiger partial charge in [-0.3, -0.25) is 14.4 Å². The van der Waals surface area contributed by atoms with Crippen molar-refractivity contribution < 1.29 is 4.79 Å². The highest BCUT2D eigenvalue weighted by Gasteiger charge is 2.35. The second-order valence-corrected chi connectivity index (χ2v) is 10.5. The number of pyridine rings is 2. The number of fused-ring (bicyclic) bond motifs is 1. The van der Waals surface area contributed by atoms with Crippen molar-refractivity contribution in [3.8, 4) is 17.2 Å². The van der Waals surface area contributed by atoms with Crippen molar-refractivity contribution in [3.05, 3.63) is 60.8 Å². The van der Waals surface area contributed by atoms with E-state index in [0.717, 1.165) is 58.9 Å². The van der Waals surface area contributed by atoms with Crippen LogP contribution in [0.3, 0.4) is 0 Å². The van der Waals surface area contributed by atoms with E-state index in [1.165, 1.54) is 11.8 Å². The molecule has 0 aromatic carbocycles. The number of hydrogen-bond donors (Lipinski definition) is 0. The molecule has 0 spiro atoms. The van der Waals surface area contributed by atoms with Crippen molar-refractivity contribution in [1.82, 2.24) is 34.2 Å². The first-order chi connectivity index (χ1) is 17.6. The van der Waals surface area contributed by atoms with E-state index in [9.17, 15) is 10.1 Å². The van der Waals surface area contributed by atoms with Crippen molar-refractivity contribution in [1.29, 1.82) is 5.26 Å². The first-order valence-electron chi connectivity index (χ1n) is 12.1. The molecule has 6 heterocycles. The van der Waals surface area contributed by atoms with Crippen LogP contribution in [0.5, 0.6) is 0 Å². The van der Waals surface area contributed by atoms with Crippen LogP contribution in [0.15, 0.2) is 65.2 Å². The number of nitriles is 1. The fourth-order valence-corrected chi connectivity index (χ4v) is 6.17. The van der Waals surface area contributed by atoms with Crippen LogP contribution in [0.4, 0.5) is 0 Å². The summed E-state index contributed by atoms with van der Waals surface area (Å²) in [5.41, 5.74) is 3.22. The normalized spacial score (nSPS) is 20.3. The van der Waals surface area contributed by atoms with Gasteiger partial charge in [-0.15, -0.1) is 0 Å². The topological polar surface area (TPSA) is 95.3 Å². The first kappa shape index (κ1) is 22.8. The van der Waals surface area contributed by atoms with E-state index < -0.39 is 0 Å². The predicted octanol–water partition coefficient (Wildman–Crippen LogP) is 3.48. The van der Waals surface area contributed by atoms with E-state index in [1.807, 2.05) is 53.4 Å². The molecule has 0 bridgehead atoms. The third kappa shape index (κ3) is 4.14. The Bertz CT molecular complexity index is 1460. The summed E-state index contributed by atoms with van der Waals surface area (Å²) in [7, 11) is 2.04. The minimum Gasteiger partial charge on any atom is -0.339 e. The highest BCUT2D eigenvalue weighted by Crippen LogP contribution is 2.35. The van der Waals surface area contributed by atoms with Gasteiger partial charge in [0.2, 0.25) is 5.91 Å². The van der Waals surface area contributed by atoms with Crippen molar-refractivity contribution in [2.75, 3.05) is 26.7 Å². The van der Waals surface area contributed by atoms with E-state index in [2.05, 4.69) is 32.2 Å². The molecule has 2 fully saturated rings. The molecule has 0 saturated carbocycles. The van der Waals surface area contributed by atoms with Gasteiger partial charge in [-0.2, -0.15) is 15.5 Å². The van der Waals surface area contributed by atoms with Gasteiger partial charge in [-0.1, -0.05) is 17.8 Å². The molecule has 0 aliphatic carbocycles. The first-order valence-corrected chi connectivity index (χ1v) is 13.0. The van der Waals surface area contributed by atoms with E-state index in [0.29, 0.717) is 12.1 Å². The lowest BCUT2D eigenvalue weighted by atomic mass is 10.1. The Morgan fingerprint density at radius 1 is 1.14 bits per heavy atom. The van der Waals surface area contributed by atoms with Gasteiger partial charge in [-0.05, 0) is 51.1 Å². The van der Waals surface area contributed by atoms with Gasteiger partial charge in [0.1, 0.15) is 11.1 Å². The zero-order valence-electron chi connectivity index (χ0n) is 20.0. The number of nitrogens with zero attached hydrogens (tertiary/aromatic N) is 8. The number of amides is 1. The number of rotatable bonds is 5. The molecule has 10 heteroatoms. The Morgan fingerprint density at radius 3 is 2.83 bits per heavy atom. The van der Waals surface area contributed by atoms with Crippen LogP contribution < -0.4 is 0 Å². The Labute approximate surface area is 213 Å². The number of likely N-dealkylation sites (tertiary alicyclic amines) is 2. The fraction of sp³-hybridized carbons (Fsp3) is 0.346. The third-order valence-electron chi connectivity index (χ3n) is 7.14. The van der Waals surface area contributed by atoms with E-state index in [1.54, 1.807) is 16.9 Å². The average Bonchev–Trinajstić information content (AvgIpc) is 3.70. The zero-order chi connectivity index (χ0) is 24.6. The van der Waals surface area contributed by atoms with Crippen LogP contribution in [0.2, 0.25) is 0 Å². The Balaban J connectivity index is 1.26. The number of aromatic nitrogens is 5. The second kappa shape index (κ2) is 9.41. The molecule has 4 aromatic heterocycles. The number of carbonyl (C=O) groups is 1. The lowest BCUT2D eigenvalue weighted by Crippen LogP contribution is -2.43. The average molecular weight is 499 g/mol. The molecule has 0 radical (unpaired) electrons. The Morgan fingerprint density at radius 2 is 2.06 bits per heavy atom. The molecular weight excluding hydrogens is 472 g/mol. The molecule has 2 saturated heterocycles. The lowest BCUT2D eigenvalue weighted by Gasteiger charge is -2.25. The van der Waals surface area contributed by atoms with Gasteiger partial charge in [0.25, 0.3) is 0 Å². The number of likely N-dealkylation sites (N-methyl/N-ethyl adjacent to an activating group) is 1. The van der Waals surface area contributed by atoms with Crippen molar-refractivity contribution in [3.63, 3.8) is 0 Å². The molecule has 6 rings (SSSR count). The molecule has 1 amide bonds. The van der Waals surface area contributed by atoms with E-state index in [4.69, 9.17) is 0 Å². The van der Waals surface area contributed by atoms with E-state index >= 15 is 0 Å². The minimum absolute atomic E-state index is 0.0195.